The van der Waals surface area contributed by atoms with E-state index < -0.39 is 10.0 Å². The van der Waals surface area contributed by atoms with E-state index in [9.17, 15) is 8.42 Å². The van der Waals surface area contributed by atoms with E-state index in [2.05, 4.69) is 30.6 Å². The van der Waals surface area contributed by atoms with Gasteiger partial charge in [-0.05, 0) is 34.1 Å². The lowest BCUT2D eigenvalue weighted by Gasteiger charge is -2.08. The van der Waals surface area contributed by atoms with Gasteiger partial charge >= 0.3 is 0 Å². The Morgan fingerprint density at radius 2 is 2.06 bits per heavy atom. The van der Waals surface area contributed by atoms with Crippen molar-refractivity contribution >= 4 is 37.5 Å². The van der Waals surface area contributed by atoms with Crippen LogP contribution in [0.4, 0.5) is 11.5 Å². The number of nitrogens with two attached hydrogens (primary N) is 1. The molecule has 2 aromatic rings. The molecular weight excluding hydrogens is 320 g/mol. The van der Waals surface area contributed by atoms with Gasteiger partial charge in [-0.3, -0.25) is 9.71 Å². The second-order valence-electron chi connectivity index (χ2n) is 3.39. The van der Waals surface area contributed by atoms with Crippen molar-refractivity contribution in [1.29, 1.82) is 0 Å². The topological polar surface area (TPSA) is 98.0 Å². The lowest BCUT2D eigenvalue weighted by Crippen LogP contribution is -2.14. The van der Waals surface area contributed by atoms with Crippen LogP contribution in [0, 0.1) is 0 Å². The number of nitrogen functional groups attached to an aromatic ring is 1. The first kappa shape index (κ1) is 12.8. The molecule has 0 unspecified atom stereocenters. The highest BCUT2D eigenvalue weighted by Gasteiger charge is 2.18. The summed E-state index contributed by atoms with van der Waals surface area (Å²) in [6.45, 7) is 0. The maximum absolute atomic E-state index is 12.1. The smallest absolute Gasteiger partial charge is 0.264 e. The van der Waals surface area contributed by atoms with Crippen LogP contribution in [-0.4, -0.2) is 18.4 Å². The third-order valence-corrected chi connectivity index (χ3v) is 4.38. The van der Waals surface area contributed by atoms with E-state index in [4.69, 9.17) is 5.73 Å². The number of hydrogen-bond donors (Lipinski definition) is 2. The van der Waals surface area contributed by atoms with Gasteiger partial charge in [0.05, 0.1) is 6.20 Å². The minimum absolute atomic E-state index is 0.0855. The Morgan fingerprint density at radius 1 is 1.28 bits per heavy atom. The zero-order chi connectivity index (χ0) is 13.2. The van der Waals surface area contributed by atoms with Crippen molar-refractivity contribution in [3.05, 3.63) is 41.3 Å². The normalized spacial score (nSPS) is 11.2. The summed E-state index contributed by atoms with van der Waals surface area (Å²) in [4.78, 5) is 7.71. The van der Waals surface area contributed by atoms with Gasteiger partial charge in [0.1, 0.15) is 4.90 Å². The average molecular weight is 329 g/mol. The first-order valence-corrected chi connectivity index (χ1v) is 7.10. The van der Waals surface area contributed by atoms with E-state index in [1.807, 2.05) is 0 Å². The van der Waals surface area contributed by atoms with Crippen LogP contribution in [0.25, 0.3) is 0 Å². The molecule has 0 amide bonds. The number of hydrogen-bond acceptors (Lipinski definition) is 5. The van der Waals surface area contributed by atoms with Crippen molar-refractivity contribution in [2.45, 2.75) is 4.90 Å². The maximum atomic E-state index is 12.1. The van der Waals surface area contributed by atoms with Crippen molar-refractivity contribution in [2.24, 2.45) is 0 Å². The van der Waals surface area contributed by atoms with Gasteiger partial charge in [-0.2, -0.15) is 0 Å². The standard InChI is InChI=1S/C10H9BrN4O2S/c11-8-5-7(12)1-2-9(8)18(16,17)15-10-6-13-3-4-14-10/h1-6H,12H2,(H,14,15). The minimum Gasteiger partial charge on any atom is -0.399 e. The third kappa shape index (κ3) is 2.77. The molecule has 0 saturated carbocycles. The van der Waals surface area contributed by atoms with Gasteiger partial charge in [-0.25, -0.2) is 13.4 Å². The number of sulfonamides is 1. The second-order valence-corrected chi connectivity index (χ2v) is 5.89. The Bertz CT molecular complexity index is 661. The minimum atomic E-state index is -3.72. The number of anilines is 2. The highest BCUT2D eigenvalue weighted by Crippen LogP contribution is 2.25. The van der Waals surface area contributed by atoms with Crippen molar-refractivity contribution in [1.82, 2.24) is 9.97 Å². The summed E-state index contributed by atoms with van der Waals surface area (Å²) < 4.78 is 26.9. The summed E-state index contributed by atoms with van der Waals surface area (Å²) in [5, 5.41) is 0. The fraction of sp³-hybridized carbons (Fsp3) is 0. The third-order valence-electron chi connectivity index (χ3n) is 2.05. The Balaban J connectivity index is 2.37. The number of halogens is 1. The van der Waals surface area contributed by atoms with Gasteiger partial charge in [0.25, 0.3) is 10.0 Å². The predicted molar refractivity (Wildman–Crippen MR) is 71.4 cm³/mol. The van der Waals surface area contributed by atoms with Crippen LogP contribution in [0.1, 0.15) is 0 Å². The van der Waals surface area contributed by atoms with Crippen LogP contribution >= 0.6 is 15.9 Å². The molecule has 0 bridgehead atoms. The Labute approximate surface area is 112 Å². The molecule has 2 rings (SSSR count). The lowest BCUT2D eigenvalue weighted by atomic mass is 10.3. The highest BCUT2D eigenvalue weighted by molar-refractivity contribution is 9.10. The van der Waals surface area contributed by atoms with Gasteiger partial charge in [0.2, 0.25) is 0 Å². The summed E-state index contributed by atoms with van der Waals surface area (Å²) in [5.41, 5.74) is 6.03. The van der Waals surface area contributed by atoms with Crippen LogP contribution in [-0.2, 0) is 10.0 Å². The van der Waals surface area contributed by atoms with Crippen molar-refractivity contribution in [2.75, 3.05) is 10.5 Å². The van der Waals surface area contributed by atoms with Crippen molar-refractivity contribution < 1.29 is 8.42 Å². The molecule has 0 spiro atoms. The Morgan fingerprint density at radius 3 is 2.67 bits per heavy atom. The summed E-state index contributed by atoms with van der Waals surface area (Å²) in [7, 11) is -3.72. The number of nitrogens with zero attached hydrogens (tertiary/aromatic N) is 2. The Hall–Kier alpha value is -1.67. The van der Waals surface area contributed by atoms with Gasteiger partial charge in [-0.1, -0.05) is 0 Å². The quantitative estimate of drug-likeness (QED) is 0.834. The first-order valence-electron chi connectivity index (χ1n) is 4.83. The molecule has 1 aromatic carbocycles. The molecule has 0 radical (unpaired) electrons. The van der Waals surface area contributed by atoms with Gasteiger partial charge in [-0.15, -0.1) is 0 Å². The zero-order valence-corrected chi connectivity index (χ0v) is 11.4. The molecule has 8 heteroatoms. The number of rotatable bonds is 3. The highest BCUT2D eigenvalue weighted by atomic mass is 79.9. The van der Waals surface area contributed by atoms with Gasteiger partial charge in [0.15, 0.2) is 5.82 Å². The number of benzene rings is 1. The zero-order valence-electron chi connectivity index (χ0n) is 9.04. The molecule has 0 aliphatic rings. The fourth-order valence-electron chi connectivity index (χ4n) is 1.28. The largest absolute Gasteiger partial charge is 0.399 e. The lowest BCUT2D eigenvalue weighted by molar-refractivity contribution is 0.600. The molecule has 3 N–H and O–H groups in total. The van der Waals surface area contributed by atoms with Gasteiger partial charge < -0.3 is 5.73 Å². The maximum Gasteiger partial charge on any atom is 0.264 e. The van der Waals surface area contributed by atoms with Crippen molar-refractivity contribution in [3.8, 4) is 0 Å². The average Bonchev–Trinajstić information content (AvgIpc) is 2.29. The molecule has 0 aliphatic heterocycles. The molecule has 0 fully saturated rings. The molecule has 94 valence electrons. The molecule has 1 heterocycles. The fourth-order valence-corrected chi connectivity index (χ4v) is 3.37. The van der Waals surface area contributed by atoms with Crippen LogP contribution in [0.5, 0.6) is 0 Å². The molecule has 18 heavy (non-hydrogen) atoms. The first-order chi connectivity index (χ1) is 8.49. The molecule has 0 saturated heterocycles. The van der Waals surface area contributed by atoms with Gasteiger partial charge in [0, 0.05) is 22.6 Å². The SMILES string of the molecule is Nc1ccc(S(=O)(=O)Nc2cnccn2)c(Br)c1. The summed E-state index contributed by atoms with van der Waals surface area (Å²) in [5.74, 6) is 0.154. The summed E-state index contributed by atoms with van der Waals surface area (Å²) in [6, 6.07) is 4.44. The predicted octanol–water partition coefficient (Wildman–Crippen LogP) is 1.62. The molecule has 0 atom stereocenters. The van der Waals surface area contributed by atoms with Crippen LogP contribution in [0.2, 0.25) is 0 Å². The van der Waals surface area contributed by atoms with E-state index in [1.54, 1.807) is 0 Å². The monoisotopic (exact) mass is 328 g/mol. The second kappa shape index (κ2) is 4.91. The molecule has 0 aliphatic carbocycles. The van der Waals surface area contributed by atoms with E-state index in [1.165, 1.54) is 36.8 Å². The number of aromatic nitrogens is 2. The molecule has 6 nitrogen and oxygen atoms in total. The van der Waals surface area contributed by atoms with E-state index in [-0.39, 0.29) is 10.7 Å². The van der Waals surface area contributed by atoms with Crippen molar-refractivity contribution in [3.63, 3.8) is 0 Å². The van der Waals surface area contributed by atoms with E-state index in [0.717, 1.165) is 0 Å². The number of nitrogens with one attached hydrogen (secondary N) is 1. The van der Waals surface area contributed by atoms with Crippen LogP contribution in [0.3, 0.4) is 0 Å². The van der Waals surface area contributed by atoms with Crippen LogP contribution in [0.15, 0.2) is 46.2 Å². The molecule has 1 aromatic heterocycles. The molecular formula is C10H9BrN4O2S. The van der Waals surface area contributed by atoms with E-state index >= 15 is 0 Å². The Kier molecular flexibility index (Phi) is 3.48. The van der Waals surface area contributed by atoms with Crippen LogP contribution < -0.4 is 10.5 Å². The van der Waals surface area contributed by atoms with E-state index in [0.29, 0.717) is 10.2 Å². The summed E-state index contributed by atoms with van der Waals surface area (Å²) in [6.07, 6.45) is 4.18. The summed E-state index contributed by atoms with van der Waals surface area (Å²) >= 11 is 3.16.